The van der Waals surface area contributed by atoms with Crippen molar-refractivity contribution < 1.29 is 22.3 Å². The molecule has 0 N–H and O–H groups in total. The number of carbonyl (C=O) groups excluding carboxylic acids is 1. The van der Waals surface area contributed by atoms with Gasteiger partial charge in [0.15, 0.2) is 9.84 Å². The van der Waals surface area contributed by atoms with Crippen LogP contribution in [-0.2, 0) is 14.6 Å². The minimum atomic E-state index is -3.07. The van der Waals surface area contributed by atoms with E-state index in [4.69, 9.17) is 4.74 Å². The standard InChI is InChI=1S/C18H19FN4O4S/c19-15-7-12(1-2-14(15)11-3-5-28(25,26)6-4-11)22-9-13(27-18(22)24)10-23-17-8-16(17)20-21-23/h1-3,7,13,16-17H,4-6,8-10H2/t13-,16?,17?/m1/s1. The van der Waals surface area contributed by atoms with Crippen molar-refractivity contribution in [1.82, 2.24) is 5.01 Å². The monoisotopic (exact) mass is 406 g/mol. The van der Waals surface area contributed by atoms with Gasteiger partial charge in [0.1, 0.15) is 11.9 Å². The fraction of sp³-hybridized carbons (Fsp3) is 0.500. The van der Waals surface area contributed by atoms with Crippen LogP contribution in [0.5, 0.6) is 0 Å². The second-order valence-electron chi connectivity index (χ2n) is 7.57. The highest BCUT2D eigenvalue weighted by molar-refractivity contribution is 7.91. The number of fused-ring (bicyclic) bond motifs is 1. The van der Waals surface area contributed by atoms with Crippen LogP contribution >= 0.6 is 0 Å². The molecule has 1 aliphatic carbocycles. The van der Waals surface area contributed by atoms with Crippen molar-refractivity contribution in [1.29, 1.82) is 0 Å². The van der Waals surface area contributed by atoms with Crippen molar-refractivity contribution in [2.75, 3.05) is 29.5 Å². The van der Waals surface area contributed by atoms with Gasteiger partial charge in [-0.05, 0) is 36.6 Å². The Kier molecular flexibility index (Phi) is 3.94. The van der Waals surface area contributed by atoms with Crippen LogP contribution in [0.2, 0.25) is 0 Å². The summed E-state index contributed by atoms with van der Waals surface area (Å²) < 4.78 is 43.2. The number of halogens is 1. The normalized spacial score (nSPS) is 30.2. The van der Waals surface area contributed by atoms with E-state index < -0.39 is 21.7 Å². The number of hydrogen-bond donors (Lipinski definition) is 0. The molecule has 0 aromatic heterocycles. The largest absolute Gasteiger partial charge is 0.442 e. The van der Waals surface area contributed by atoms with Gasteiger partial charge in [-0.1, -0.05) is 11.3 Å². The Bertz CT molecular complexity index is 1010. The van der Waals surface area contributed by atoms with Gasteiger partial charge < -0.3 is 4.74 Å². The van der Waals surface area contributed by atoms with Crippen molar-refractivity contribution in [2.24, 2.45) is 10.3 Å². The maximum Gasteiger partial charge on any atom is 0.414 e. The van der Waals surface area contributed by atoms with Gasteiger partial charge in [-0.25, -0.2) is 17.6 Å². The van der Waals surface area contributed by atoms with Gasteiger partial charge in [0.05, 0.1) is 42.4 Å². The Morgan fingerprint density at radius 1 is 1.32 bits per heavy atom. The van der Waals surface area contributed by atoms with Gasteiger partial charge in [-0.3, -0.25) is 9.91 Å². The smallest absolute Gasteiger partial charge is 0.414 e. The Morgan fingerprint density at radius 3 is 2.82 bits per heavy atom. The molecule has 1 aromatic carbocycles. The molecule has 1 saturated carbocycles. The summed E-state index contributed by atoms with van der Waals surface area (Å²) in [5.74, 6) is -0.525. The van der Waals surface area contributed by atoms with E-state index in [0.29, 0.717) is 48.4 Å². The molecule has 0 bridgehead atoms. The van der Waals surface area contributed by atoms with Crippen LogP contribution in [0, 0.1) is 5.82 Å². The van der Waals surface area contributed by atoms with Crippen LogP contribution in [0.25, 0.3) is 5.57 Å². The van der Waals surface area contributed by atoms with Crippen molar-refractivity contribution in [2.45, 2.75) is 31.0 Å². The summed E-state index contributed by atoms with van der Waals surface area (Å²) in [6.07, 6.45) is 1.99. The number of anilines is 1. The Hall–Kier alpha value is -2.49. The van der Waals surface area contributed by atoms with E-state index in [-0.39, 0.29) is 17.6 Å². The number of rotatable bonds is 4. The average molecular weight is 406 g/mol. The number of hydrogen-bond acceptors (Lipinski definition) is 7. The zero-order chi connectivity index (χ0) is 19.5. The molecule has 2 fully saturated rings. The number of nitrogens with zero attached hydrogens (tertiary/aromatic N) is 4. The number of sulfone groups is 1. The van der Waals surface area contributed by atoms with Gasteiger partial charge in [-0.15, -0.1) is 0 Å². The molecule has 148 valence electrons. The highest BCUT2D eigenvalue weighted by Gasteiger charge is 2.48. The number of cyclic esters (lactones) is 1. The lowest BCUT2D eigenvalue weighted by Gasteiger charge is -2.18. The Morgan fingerprint density at radius 2 is 2.18 bits per heavy atom. The molecule has 1 saturated heterocycles. The molecule has 0 spiro atoms. The molecule has 28 heavy (non-hydrogen) atoms. The van der Waals surface area contributed by atoms with Crippen LogP contribution < -0.4 is 4.90 Å². The fourth-order valence-corrected chi connectivity index (χ4v) is 5.03. The number of ether oxygens (including phenoxy) is 1. The summed E-state index contributed by atoms with van der Waals surface area (Å²) in [7, 11) is -3.07. The van der Waals surface area contributed by atoms with Gasteiger partial charge >= 0.3 is 6.09 Å². The van der Waals surface area contributed by atoms with E-state index in [9.17, 15) is 17.6 Å². The molecule has 8 nitrogen and oxygen atoms in total. The minimum Gasteiger partial charge on any atom is -0.442 e. The Balaban J connectivity index is 1.30. The number of benzene rings is 1. The topological polar surface area (TPSA) is 91.6 Å². The molecule has 1 amide bonds. The zero-order valence-corrected chi connectivity index (χ0v) is 15.8. The first-order valence-corrected chi connectivity index (χ1v) is 11.1. The maximum atomic E-state index is 14.7. The molecule has 1 aromatic rings. The molecule has 10 heteroatoms. The lowest BCUT2D eigenvalue weighted by molar-refractivity contribution is 0.108. The predicted octanol–water partition coefficient (Wildman–Crippen LogP) is 2.18. The van der Waals surface area contributed by atoms with Crippen molar-refractivity contribution in [3.63, 3.8) is 0 Å². The van der Waals surface area contributed by atoms with Crippen molar-refractivity contribution in [3.8, 4) is 0 Å². The summed E-state index contributed by atoms with van der Waals surface area (Å²) in [6, 6.07) is 5.18. The van der Waals surface area contributed by atoms with E-state index in [1.165, 1.54) is 11.0 Å². The van der Waals surface area contributed by atoms with E-state index in [0.717, 1.165) is 6.42 Å². The van der Waals surface area contributed by atoms with Crippen LogP contribution in [0.1, 0.15) is 18.4 Å². The van der Waals surface area contributed by atoms with Gasteiger partial charge in [0.2, 0.25) is 0 Å². The molecule has 0 radical (unpaired) electrons. The molecule has 2 unspecified atom stereocenters. The van der Waals surface area contributed by atoms with Gasteiger partial charge in [0.25, 0.3) is 0 Å². The Labute approximate surface area is 161 Å². The second-order valence-corrected chi connectivity index (χ2v) is 9.80. The fourth-order valence-electron chi connectivity index (χ4n) is 3.88. The summed E-state index contributed by atoms with van der Waals surface area (Å²) in [4.78, 5) is 13.7. The van der Waals surface area contributed by atoms with E-state index in [1.54, 1.807) is 18.2 Å². The molecule has 4 aliphatic rings. The zero-order valence-electron chi connectivity index (χ0n) is 15.0. The van der Waals surface area contributed by atoms with Crippen molar-refractivity contribution in [3.05, 3.63) is 35.7 Å². The lowest BCUT2D eigenvalue weighted by atomic mass is 10.0. The van der Waals surface area contributed by atoms with Gasteiger partial charge in [0, 0.05) is 5.56 Å². The number of allylic oxidation sites excluding steroid dienone is 1. The van der Waals surface area contributed by atoms with Gasteiger partial charge in [-0.2, -0.15) is 5.11 Å². The number of carbonyl (C=O) groups is 1. The van der Waals surface area contributed by atoms with Crippen LogP contribution in [-0.4, -0.2) is 62.3 Å². The summed E-state index contributed by atoms with van der Waals surface area (Å²) >= 11 is 0. The average Bonchev–Trinajstić information content (AvgIpc) is 3.20. The van der Waals surface area contributed by atoms with E-state index >= 15 is 0 Å². The van der Waals surface area contributed by atoms with Crippen molar-refractivity contribution >= 4 is 27.2 Å². The summed E-state index contributed by atoms with van der Waals surface area (Å²) in [5, 5.41) is 10.0. The van der Waals surface area contributed by atoms with Crippen LogP contribution in [0.4, 0.5) is 14.9 Å². The first kappa shape index (κ1) is 17.6. The maximum absolute atomic E-state index is 14.7. The second kappa shape index (κ2) is 6.26. The molecular formula is C18H19FN4O4S. The van der Waals surface area contributed by atoms with E-state index in [1.807, 2.05) is 5.01 Å². The van der Waals surface area contributed by atoms with E-state index in [2.05, 4.69) is 10.3 Å². The third kappa shape index (κ3) is 3.15. The highest BCUT2D eigenvalue weighted by atomic mass is 32.2. The summed E-state index contributed by atoms with van der Waals surface area (Å²) in [6.45, 7) is 0.802. The summed E-state index contributed by atoms with van der Waals surface area (Å²) in [5.41, 5.74) is 1.48. The molecule has 5 rings (SSSR count). The molecule has 3 aliphatic heterocycles. The third-order valence-electron chi connectivity index (χ3n) is 5.56. The predicted molar refractivity (Wildman–Crippen MR) is 99.0 cm³/mol. The number of amides is 1. The minimum absolute atomic E-state index is 0.0237. The first-order valence-electron chi connectivity index (χ1n) is 9.24. The first-order chi connectivity index (χ1) is 13.4. The highest BCUT2D eigenvalue weighted by Crippen LogP contribution is 2.38. The molecule has 3 atom stereocenters. The molecular weight excluding hydrogens is 387 g/mol. The quantitative estimate of drug-likeness (QED) is 0.764. The SMILES string of the molecule is O=C1O[C@@H](CN2N=NC3CC32)CN1c1ccc(C2=CCS(=O)(=O)CC2)c(F)c1. The molecule has 3 heterocycles. The lowest BCUT2D eigenvalue weighted by Crippen LogP contribution is -2.32. The van der Waals surface area contributed by atoms with Crippen LogP contribution in [0.15, 0.2) is 34.6 Å². The van der Waals surface area contributed by atoms with Crippen LogP contribution in [0.3, 0.4) is 0 Å². The third-order valence-corrected chi connectivity index (χ3v) is 7.06.